The molecule has 2 aliphatic rings. The fourth-order valence-electron chi connectivity index (χ4n) is 3.10. The summed E-state index contributed by atoms with van der Waals surface area (Å²) in [5, 5.41) is 4.77. The van der Waals surface area contributed by atoms with Crippen LogP contribution < -0.4 is 5.32 Å². The molecule has 7 heteroatoms. The minimum absolute atomic E-state index is 0.274. The first kappa shape index (κ1) is 16.7. The summed E-state index contributed by atoms with van der Waals surface area (Å²) in [6.45, 7) is 5.18. The van der Waals surface area contributed by atoms with Gasteiger partial charge in [-0.2, -0.15) is 0 Å². The largest absolute Gasteiger partial charge is 0.465 e. The number of carbonyl (C=O) groups excluding carboxylic acids is 1. The zero-order valence-electron chi connectivity index (χ0n) is 13.5. The molecule has 1 aromatic heterocycles. The van der Waals surface area contributed by atoms with Crippen LogP contribution in [0.25, 0.3) is 0 Å². The number of thiocarbonyl (C=S) groups is 1. The van der Waals surface area contributed by atoms with E-state index >= 15 is 0 Å². The summed E-state index contributed by atoms with van der Waals surface area (Å²) in [6, 6.07) is 0. The second-order valence-electron chi connectivity index (χ2n) is 6.08. The Morgan fingerprint density at radius 2 is 2.17 bits per heavy atom. The summed E-state index contributed by atoms with van der Waals surface area (Å²) in [6.07, 6.45) is 3.07. The SMILES string of the molecule is COC(=O)c1c(NC(=S)N2CCOCC2)sc2c1CCC(C)C2. The maximum Gasteiger partial charge on any atom is 0.341 e. The Balaban J connectivity index is 1.85. The van der Waals surface area contributed by atoms with Gasteiger partial charge in [-0.05, 0) is 43.0 Å². The third-order valence-corrected chi connectivity index (χ3v) is 5.95. The van der Waals surface area contributed by atoms with Crippen LogP contribution in [0.4, 0.5) is 5.00 Å². The van der Waals surface area contributed by atoms with Crippen molar-refractivity contribution in [3.8, 4) is 0 Å². The Morgan fingerprint density at radius 1 is 1.43 bits per heavy atom. The fourth-order valence-corrected chi connectivity index (χ4v) is 4.85. The number of carbonyl (C=O) groups is 1. The number of thiophene rings is 1. The van der Waals surface area contributed by atoms with E-state index in [1.807, 2.05) is 0 Å². The molecule has 126 valence electrons. The molecular weight excluding hydrogens is 332 g/mol. The van der Waals surface area contributed by atoms with Crippen molar-refractivity contribution < 1.29 is 14.3 Å². The fraction of sp³-hybridized carbons (Fsp3) is 0.625. The summed E-state index contributed by atoms with van der Waals surface area (Å²) in [5.74, 6) is 0.384. The van der Waals surface area contributed by atoms with Crippen LogP contribution >= 0.6 is 23.6 Å². The zero-order valence-corrected chi connectivity index (χ0v) is 15.1. The molecule has 0 amide bonds. The lowest BCUT2D eigenvalue weighted by Gasteiger charge is -2.29. The molecule has 23 heavy (non-hydrogen) atoms. The third kappa shape index (κ3) is 3.51. The van der Waals surface area contributed by atoms with Gasteiger partial charge in [0.1, 0.15) is 5.00 Å². The predicted molar refractivity (Wildman–Crippen MR) is 95.5 cm³/mol. The van der Waals surface area contributed by atoms with E-state index in [1.165, 1.54) is 12.0 Å². The molecule has 0 spiro atoms. The Morgan fingerprint density at radius 3 is 2.87 bits per heavy atom. The Labute approximate surface area is 145 Å². The Hall–Kier alpha value is -1.18. The molecule has 1 fully saturated rings. The van der Waals surface area contributed by atoms with Crippen molar-refractivity contribution in [3.63, 3.8) is 0 Å². The van der Waals surface area contributed by atoms with E-state index in [-0.39, 0.29) is 5.97 Å². The average Bonchev–Trinajstić information content (AvgIpc) is 2.91. The van der Waals surface area contributed by atoms with Crippen LogP contribution in [0.1, 0.15) is 34.1 Å². The highest BCUT2D eigenvalue weighted by atomic mass is 32.1. The van der Waals surface area contributed by atoms with Crippen molar-refractivity contribution >= 4 is 39.6 Å². The summed E-state index contributed by atoms with van der Waals surface area (Å²) in [4.78, 5) is 15.6. The highest BCUT2D eigenvalue weighted by Gasteiger charge is 2.29. The molecule has 0 bridgehead atoms. The van der Waals surface area contributed by atoms with E-state index in [1.54, 1.807) is 11.3 Å². The van der Waals surface area contributed by atoms with Crippen molar-refractivity contribution in [1.29, 1.82) is 0 Å². The molecule has 1 unspecified atom stereocenters. The molecule has 3 rings (SSSR count). The maximum absolute atomic E-state index is 12.3. The number of ether oxygens (including phenoxy) is 2. The van der Waals surface area contributed by atoms with Crippen LogP contribution in [-0.4, -0.2) is 49.4 Å². The van der Waals surface area contributed by atoms with Crippen LogP contribution in [-0.2, 0) is 22.3 Å². The van der Waals surface area contributed by atoms with Crippen LogP contribution in [0.5, 0.6) is 0 Å². The van der Waals surface area contributed by atoms with Crippen molar-refractivity contribution in [1.82, 2.24) is 4.90 Å². The lowest BCUT2D eigenvalue weighted by atomic mass is 9.88. The first-order valence-corrected chi connectivity index (χ1v) is 9.19. The van der Waals surface area contributed by atoms with Gasteiger partial charge in [0.05, 0.1) is 25.9 Å². The number of morpholine rings is 1. The topological polar surface area (TPSA) is 50.8 Å². The molecule has 0 aromatic carbocycles. The van der Waals surface area contributed by atoms with E-state index in [2.05, 4.69) is 17.1 Å². The van der Waals surface area contributed by atoms with Gasteiger partial charge in [-0.15, -0.1) is 11.3 Å². The summed E-state index contributed by atoms with van der Waals surface area (Å²) < 4.78 is 10.4. The zero-order chi connectivity index (χ0) is 16.4. The van der Waals surface area contributed by atoms with Gasteiger partial charge in [0.2, 0.25) is 0 Å². The molecular formula is C16H22N2O3S2. The van der Waals surface area contributed by atoms with Gasteiger partial charge >= 0.3 is 5.97 Å². The number of nitrogens with one attached hydrogen (secondary N) is 1. The van der Waals surface area contributed by atoms with Gasteiger partial charge in [0.25, 0.3) is 0 Å². The summed E-state index contributed by atoms with van der Waals surface area (Å²) in [5.41, 5.74) is 1.82. The minimum atomic E-state index is -0.274. The maximum atomic E-state index is 12.3. The second kappa shape index (κ2) is 7.15. The highest BCUT2D eigenvalue weighted by molar-refractivity contribution is 7.80. The van der Waals surface area contributed by atoms with Crippen molar-refractivity contribution in [2.45, 2.75) is 26.2 Å². The first-order chi connectivity index (χ1) is 11.1. The molecule has 5 nitrogen and oxygen atoms in total. The molecule has 0 radical (unpaired) electrons. The van der Waals surface area contributed by atoms with E-state index in [0.717, 1.165) is 42.9 Å². The van der Waals surface area contributed by atoms with Crippen LogP contribution in [0.3, 0.4) is 0 Å². The summed E-state index contributed by atoms with van der Waals surface area (Å²) >= 11 is 7.16. The molecule has 1 N–H and O–H groups in total. The molecule has 2 heterocycles. The van der Waals surface area contributed by atoms with Gasteiger partial charge in [-0.3, -0.25) is 0 Å². The number of nitrogens with zero attached hydrogens (tertiary/aromatic N) is 1. The van der Waals surface area contributed by atoms with Crippen LogP contribution in [0.2, 0.25) is 0 Å². The van der Waals surface area contributed by atoms with E-state index in [4.69, 9.17) is 21.7 Å². The highest BCUT2D eigenvalue weighted by Crippen LogP contribution is 2.40. The van der Waals surface area contributed by atoms with E-state index in [9.17, 15) is 4.79 Å². The van der Waals surface area contributed by atoms with Crippen LogP contribution in [0, 0.1) is 5.92 Å². The number of hydrogen-bond donors (Lipinski definition) is 1. The standard InChI is InChI=1S/C16H22N2O3S2/c1-10-3-4-11-12(9-10)23-14(13(11)15(19)20-2)17-16(22)18-5-7-21-8-6-18/h10H,3-9H2,1-2H3,(H,17,22). The van der Waals surface area contributed by atoms with Crippen molar-refractivity contribution in [2.24, 2.45) is 5.92 Å². The lowest BCUT2D eigenvalue weighted by Crippen LogP contribution is -2.42. The van der Waals surface area contributed by atoms with Gasteiger partial charge in [0.15, 0.2) is 5.11 Å². The van der Waals surface area contributed by atoms with E-state index in [0.29, 0.717) is 29.8 Å². The molecule has 1 aromatic rings. The number of esters is 1. The quantitative estimate of drug-likeness (QED) is 0.651. The van der Waals surface area contributed by atoms with Crippen molar-refractivity contribution in [3.05, 3.63) is 16.0 Å². The van der Waals surface area contributed by atoms with Gasteiger partial charge in [0, 0.05) is 18.0 Å². The number of anilines is 1. The van der Waals surface area contributed by atoms with Gasteiger partial charge < -0.3 is 19.7 Å². The van der Waals surface area contributed by atoms with Crippen molar-refractivity contribution in [2.75, 3.05) is 38.7 Å². The van der Waals surface area contributed by atoms with Crippen LogP contribution in [0.15, 0.2) is 0 Å². The van der Waals surface area contributed by atoms with Gasteiger partial charge in [-0.25, -0.2) is 4.79 Å². The molecule has 1 aliphatic carbocycles. The second-order valence-corrected chi connectivity index (χ2v) is 7.57. The number of rotatable bonds is 2. The number of methoxy groups -OCH3 is 1. The van der Waals surface area contributed by atoms with Gasteiger partial charge in [-0.1, -0.05) is 6.92 Å². The Bertz CT molecular complexity index is 609. The molecule has 0 saturated carbocycles. The third-order valence-electron chi connectivity index (χ3n) is 4.42. The minimum Gasteiger partial charge on any atom is -0.465 e. The smallest absolute Gasteiger partial charge is 0.341 e. The lowest BCUT2D eigenvalue weighted by molar-refractivity contribution is 0.0600. The normalized spacial score (nSPS) is 20.8. The number of fused-ring (bicyclic) bond motifs is 1. The average molecular weight is 354 g/mol. The molecule has 1 atom stereocenters. The predicted octanol–water partition coefficient (Wildman–Crippen LogP) is 2.69. The molecule has 1 aliphatic heterocycles. The monoisotopic (exact) mass is 354 g/mol. The number of hydrogen-bond acceptors (Lipinski definition) is 5. The van der Waals surface area contributed by atoms with E-state index < -0.39 is 0 Å². The first-order valence-electron chi connectivity index (χ1n) is 7.96. The summed E-state index contributed by atoms with van der Waals surface area (Å²) in [7, 11) is 1.43. The molecule has 1 saturated heterocycles. The Kier molecular flexibility index (Phi) is 5.18.